The fraction of sp³-hybridized carbons (Fsp3) is 0.667. The van der Waals surface area contributed by atoms with E-state index in [2.05, 4.69) is 48.3 Å². The summed E-state index contributed by atoms with van der Waals surface area (Å²) in [5.74, 6) is 0.956. The molecule has 2 fully saturated rings. The van der Waals surface area contributed by atoms with E-state index >= 15 is 0 Å². The van der Waals surface area contributed by atoms with Gasteiger partial charge in [0.25, 0.3) is 0 Å². The molecular formula is C18H28N2. The maximum atomic E-state index is 3.77. The standard InChI is InChI=1S/C18H28N2/c1-3-14-5-7-15(8-6-14)12-20-13-18(16-9-10-16)19-11-17(20)4-2/h5-8,16-19H,3-4,9-13H2,1-2H3. The molecular weight excluding hydrogens is 244 g/mol. The summed E-state index contributed by atoms with van der Waals surface area (Å²) >= 11 is 0. The summed E-state index contributed by atoms with van der Waals surface area (Å²) in [5, 5.41) is 3.77. The Morgan fingerprint density at radius 1 is 1.10 bits per heavy atom. The molecule has 1 saturated heterocycles. The Bertz CT molecular complexity index is 422. The SMILES string of the molecule is CCc1ccc(CN2CC(C3CC3)NCC2CC)cc1. The first-order valence-corrected chi connectivity index (χ1v) is 8.35. The first-order valence-electron chi connectivity index (χ1n) is 8.35. The van der Waals surface area contributed by atoms with Crippen molar-refractivity contribution < 1.29 is 0 Å². The number of benzene rings is 1. The van der Waals surface area contributed by atoms with Gasteiger partial charge in [0.1, 0.15) is 0 Å². The molecule has 2 nitrogen and oxygen atoms in total. The molecule has 1 saturated carbocycles. The molecule has 0 bridgehead atoms. The van der Waals surface area contributed by atoms with Crippen LogP contribution in [0.1, 0.15) is 44.2 Å². The summed E-state index contributed by atoms with van der Waals surface area (Å²) in [4.78, 5) is 2.71. The van der Waals surface area contributed by atoms with Crippen molar-refractivity contribution >= 4 is 0 Å². The average Bonchev–Trinajstić information content (AvgIpc) is 3.33. The molecule has 3 rings (SSSR count). The molecule has 2 unspecified atom stereocenters. The number of piperazine rings is 1. The predicted molar refractivity (Wildman–Crippen MR) is 84.8 cm³/mol. The van der Waals surface area contributed by atoms with Crippen LogP contribution < -0.4 is 5.32 Å². The van der Waals surface area contributed by atoms with Gasteiger partial charge in [-0.3, -0.25) is 4.90 Å². The van der Waals surface area contributed by atoms with E-state index in [-0.39, 0.29) is 0 Å². The zero-order valence-corrected chi connectivity index (χ0v) is 12.9. The molecule has 0 spiro atoms. The molecule has 1 aromatic rings. The highest BCUT2D eigenvalue weighted by molar-refractivity contribution is 5.22. The summed E-state index contributed by atoms with van der Waals surface area (Å²) in [6.07, 6.45) is 5.26. The van der Waals surface area contributed by atoms with E-state index in [0.717, 1.165) is 24.9 Å². The van der Waals surface area contributed by atoms with Crippen LogP contribution in [0, 0.1) is 5.92 Å². The molecule has 0 amide bonds. The molecule has 1 aromatic carbocycles. The molecule has 1 aliphatic carbocycles. The molecule has 20 heavy (non-hydrogen) atoms. The highest BCUT2D eigenvalue weighted by atomic mass is 15.2. The van der Waals surface area contributed by atoms with Crippen LogP contribution in [0.4, 0.5) is 0 Å². The van der Waals surface area contributed by atoms with Crippen molar-refractivity contribution in [3.05, 3.63) is 35.4 Å². The fourth-order valence-corrected chi connectivity index (χ4v) is 3.41. The van der Waals surface area contributed by atoms with Crippen molar-refractivity contribution in [2.45, 2.75) is 58.2 Å². The highest BCUT2D eigenvalue weighted by Crippen LogP contribution is 2.34. The molecule has 1 N–H and O–H groups in total. The fourth-order valence-electron chi connectivity index (χ4n) is 3.41. The van der Waals surface area contributed by atoms with Crippen molar-refractivity contribution in [3.63, 3.8) is 0 Å². The van der Waals surface area contributed by atoms with E-state index in [4.69, 9.17) is 0 Å². The zero-order valence-electron chi connectivity index (χ0n) is 12.9. The van der Waals surface area contributed by atoms with E-state index in [1.807, 2.05) is 0 Å². The summed E-state index contributed by atoms with van der Waals surface area (Å²) < 4.78 is 0. The van der Waals surface area contributed by atoms with E-state index < -0.39 is 0 Å². The lowest BCUT2D eigenvalue weighted by molar-refractivity contribution is 0.112. The van der Waals surface area contributed by atoms with Gasteiger partial charge in [-0.1, -0.05) is 38.1 Å². The molecule has 1 heterocycles. The van der Waals surface area contributed by atoms with Crippen molar-refractivity contribution in [2.24, 2.45) is 5.92 Å². The Kier molecular flexibility index (Phi) is 4.42. The minimum absolute atomic E-state index is 0.704. The predicted octanol–water partition coefficient (Wildman–Crippen LogP) is 3.21. The molecule has 2 atom stereocenters. The van der Waals surface area contributed by atoms with Crippen LogP contribution in [0.3, 0.4) is 0 Å². The van der Waals surface area contributed by atoms with E-state index in [1.54, 1.807) is 0 Å². The Morgan fingerprint density at radius 2 is 1.80 bits per heavy atom. The van der Waals surface area contributed by atoms with Crippen molar-refractivity contribution in [2.75, 3.05) is 13.1 Å². The Morgan fingerprint density at radius 3 is 2.40 bits per heavy atom. The van der Waals surface area contributed by atoms with Crippen LogP contribution in [0.5, 0.6) is 0 Å². The summed E-state index contributed by atoms with van der Waals surface area (Å²) in [7, 11) is 0. The van der Waals surface area contributed by atoms with Crippen LogP contribution in [0.15, 0.2) is 24.3 Å². The van der Waals surface area contributed by atoms with Gasteiger partial charge in [0, 0.05) is 31.7 Å². The number of hydrogen-bond acceptors (Lipinski definition) is 2. The number of rotatable bonds is 5. The summed E-state index contributed by atoms with van der Waals surface area (Å²) in [6.45, 7) is 8.06. The number of nitrogens with one attached hydrogen (secondary N) is 1. The van der Waals surface area contributed by atoms with Gasteiger partial charge in [0.05, 0.1) is 0 Å². The van der Waals surface area contributed by atoms with E-state index in [1.165, 1.54) is 43.5 Å². The quantitative estimate of drug-likeness (QED) is 0.885. The van der Waals surface area contributed by atoms with Crippen LogP contribution in [-0.2, 0) is 13.0 Å². The second-order valence-corrected chi connectivity index (χ2v) is 6.51. The average molecular weight is 272 g/mol. The van der Waals surface area contributed by atoms with Crippen molar-refractivity contribution in [3.8, 4) is 0 Å². The van der Waals surface area contributed by atoms with Gasteiger partial charge in [-0.25, -0.2) is 0 Å². The monoisotopic (exact) mass is 272 g/mol. The largest absolute Gasteiger partial charge is 0.311 e. The normalized spacial score (nSPS) is 27.7. The lowest BCUT2D eigenvalue weighted by Crippen LogP contribution is -2.56. The third-order valence-corrected chi connectivity index (χ3v) is 5.04. The molecule has 0 radical (unpaired) electrons. The zero-order chi connectivity index (χ0) is 13.9. The first kappa shape index (κ1) is 14.1. The highest BCUT2D eigenvalue weighted by Gasteiger charge is 2.36. The Labute approximate surface area is 123 Å². The Balaban J connectivity index is 1.65. The third kappa shape index (κ3) is 3.24. The van der Waals surface area contributed by atoms with Gasteiger partial charge < -0.3 is 5.32 Å². The van der Waals surface area contributed by atoms with Gasteiger partial charge in [0.15, 0.2) is 0 Å². The molecule has 1 aliphatic heterocycles. The maximum absolute atomic E-state index is 3.77. The van der Waals surface area contributed by atoms with Gasteiger partial charge in [-0.2, -0.15) is 0 Å². The lowest BCUT2D eigenvalue weighted by Gasteiger charge is -2.40. The first-order chi connectivity index (χ1) is 9.80. The number of hydrogen-bond donors (Lipinski definition) is 1. The number of nitrogens with zero attached hydrogens (tertiary/aromatic N) is 1. The second kappa shape index (κ2) is 6.28. The number of aryl methyl sites for hydroxylation is 1. The second-order valence-electron chi connectivity index (χ2n) is 6.51. The molecule has 2 heteroatoms. The summed E-state index contributed by atoms with van der Waals surface area (Å²) in [6, 6.07) is 10.7. The molecule has 0 aromatic heterocycles. The van der Waals surface area contributed by atoms with E-state index in [0.29, 0.717) is 6.04 Å². The third-order valence-electron chi connectivity index (χ3n) is 5.04. The Hall–Kier alpha value is -0.860. The van der Waals surface area contributed by atoms with Crippen LogP contribution in [-0.4, -0.2) is 30.1 Å². The van der Waals surface area contributed by atoms with Crippen LogP contribution in [0.25, 0.3) is 0 Å². The minimum atomic E-state index is 0.704. The molecule has 110 valence electrons. The van der Waals surface area contributed by atoms with Crippen molar-refractivity contribution in [1.82, 2.24) is 10.2 Å². The minimum Gasteiger partial charge on any atom is -0.311 e. The van der Waals surface area contributed by atoms with E-state index in [9.17, 15) is 0 Å². The maximum Gasteiger partial charge on any atom is 0.0237 e. The summed E-state index contributed by atoms with van der Waals surface area (Å²) in [5.41, 5.74) is 2.91. The van der Waals surface area contributed by atoms with Gasteiger partial charge in [0.2, 0.25) is 0 Å². The van der Waals surface area contributed by atoms with Crippen LogP contribution in [0.2, 0.25) is 0 Å². The van der Waals surface area contributed by atoms with Gasteiger partial charge in [-0.15, -0.1) is 0 Å². The van der Waals surface area contributed by atoms with Gasteiger partial charge in [-0.05, 0) is 42.7 Å². The van der Waals surface area contributed by atoms with Crippen molar-refractivity contribution in [1.29, 1.82) is 0 Å². The topological polar surface area (TPSA) is 15.3 Å². The molecule has 2 aliphatic rings. The lowest BCUT2D eigenvalue weighted by atomic mass is 10.0. The smallest absolute Gasteiger partial charge is 0.0237 e. The van der Waals surface area contributed by atoms with Crippen LogP contribution >= 0.6 is 0 Å². The van der Waals surface area contributed by atoms with Gasteiger partial charge >= 0.3 is 0 Å².